The maximum Gasteiger partial charge on any atom is 0.151 e. The third-order valence-electron chi connectivity index (χ3n) is 3.61. The van der Waals surface area contributed by atoms with Crippen molar-refractivity contribution in [3.8, 4) is 0 Å². The van der Waals surface area contributed by atoms with E-state index < -0.39 is 15.9 Å². The van der Waals surface area contributed by atoms with Gasteiger partial charge in [0.15, 0.2) is 9.84 Å². The maximum atomic E-state index is 11.7. The van der Waals surface area contributed by atoms with Crippen LogP contribution in [0.4, 0.5) is 0 Å². The Labute approximate surface area is 105 Å². The lowest BCUT2D eigenvalue weighted by Crippen LogP contribution is -2.48. The van der Waals surface area contributed by atoms with Gasteiger partial charge in [-0.25, -0.2) is 8.42 Å². The number of aliphatic hydroxyl groups excluding tert-OH is 1. The molecule has 1 aliphatic carbocycles. The van der Waals surface area contributed by atoms with Gasteiger partial charge >= 0.3 is 0 Å². The predicted molar refractivity (Wildman–Crippen MR) is 69.7 cm³/mol. The van der Waals surface area contributed by atoms with Crippen molar-refractivity contribution < 1.29 is 13.5 Å². The molecular weight excluding hydrogens is 238 g/mol. The highest BCUT2D eigenvalue weighted by Gasteiger charge is 2.32. The molecule has 102 valence electrons. The number of aliphatic hydroxyl groups is 1. The Kier molecular flexibility index (Phi) is 5.41. The Morgan fingerprint density at radius 2 is 1.88 bits per heavy atom. The van der Waals surface area contributed by atoms with E-state index >= 15 is 0 Å². The molecule has 2 N–H and O–H groups in total. The molecule has 1 fully saturated rings. The van der Waals surface area contributed by atoms with Crippen LogP contribution in [0.5, 0.6) is 0 Å². The van der Waals surface area contributed by atoms with Gasteiger partial charge in [0, 0.05) is 18.8 Å². The van der Waals surface area contributed by atoms with E-state index in [0.717, 1.165) is 25.7 Å². The Morgan fingerprint density at radius 3 is 2.41 bits per heavy atom. The highest BCUT2D eigenvalue weighted by molar-refractivity contribution is 7.91. The topological polar surface area (TPSA) is 66.4 Å². The van der Waals surface area contributed by atoms with Gasteiger partial charge in [0.1, 0.15) is 0 Å². The summed E-state index contributed by atoms with van der Waals surface area (Å²) in [6, 6.07) is 0.00662. The van der Waals surface area contributed by atoms with Crippen molar-refractivity contribution in [2.75, 3.05) is 12.8 Å². The molecule has 3 unspecified atom stereocenters. The smallest absolute Gasteiger partial charge is 0.151 e. The fourth-order valence-corrected chi connectivity index (χ4v) is 3.77. The summed E-state index contributed by atoms with van der Waals surface area (Å²) in [5.41, 5.74) is 0. The normalized spacial score (nSPS) is 28.3. The molecule has 0 bridgehead atoms. The van der Waals surface area contributed by atoms with Gasteiger partial charge in [-0.1, -0.05) is 26.7 Å². The predicted octanol–water partition coefficient (Wildman–Crippen LogP) is 0.949. The number of hydrogen-bond acceptors (Lipinski definition) is 4. The van der Waals surface area contributed by atoms with Gasteiger partial charge in [-0.2, -0.15) is 0 Å². The molecule has 1 rings (SSSR count). The van der Waals surface area contributed by atoms with Crippen molar-refractivity contribution in [2.24, 2.45) is 5.92 Å². The first-order valence-corrected chi connectivity index (χ1v) is 8.38. The fraction of sp³-hybridized carbons (Fsp3) is 1.00. The van der Waals surface area contributed by atoms with Crippen molar-refractivity contribution >= 4 is 9.84 Å². The first kappa shape index (κ1) is 14.9. The SMILES string of the molecule is CC(C)C(O)CNC1CCCCC1S(C)(=O)=O. The van der Waals surface area contributed by atoms with Crippen LogP contribution in [-0.2, 0) is 9.84 Å². The molecule has 1 aliphatic rings. The van der Waals surface area contributed by atoms with Crippen LogP contribution in [0.25, 0.3) is 0 Å². The second-order valence-electron chi connectivity index (χ2n) is 5.48. The molecule has 0 spiro atoms. The van der Waals surface area contributed by atoms with Gasteiger partial charge in [0.2, 0.25) is 0 Å². The van der Waals surface area contributed by atoms with Crippen LogP contribution in [0.1, 0.15) is 39.5 Å². The van der Waals surface area contributed by atoms with E-state index in [9.17, 15) is 13.5 Å². The zero-order chi connectivity index (χ0) is 13.1. The summed E-state index contributed by atoms with van der Waals surface area (Å²) in [4.78, 5) is 0. The quantitative estimate of drug-likeness (QED) is 0.775. The zero-order valence-electron chi connectivity index (χ0n) is 11.0. The lowest BCUT2D eigenvalue weighted by molar-refractivity contribution is 0.118. The van der Waals surface area contributed by atoms with Crippen molar-refractivity contribution in [1.29, 1.82) is 0 Å². The average Bonchev–Trinajstić information content (AvgIpc) is 2.24. The summed E-state index contributed by atoms with van der Waals surface area (Å²) in [5, 5.41) is 12.7. The molecular formula is C12H25NO3S. The highest BCUT2D eigenvalue weighted by atomic mass is 32.2. The lowest BCUT2D eigenvalue weighted by atomic mass is 9.94. The molecule has 0 aliphatic heterocycles. The van der Waals surface area contributed by atoms with E-state index in [1.165, 1.54) is 6.26 Å². The van der Waals surface area contributed by atoms with E-state index in [1.54, 1.807) is 0 Å². The van der Waals surface area contributed by atoms with Crippen molar-refractivity contribution in [3.63, 3.8) is 0 Å². The Bertz CT molecular complexity index is 327. The molecule has 0 amide bonds. The van der Waals surface area contributed by atoms with Gasteiger partial charge in [0.25, 0.3) is 0 Å². The first-order chi connectivity index (χ1) is 7.82. The summed E-state index contributed by atoms with van der Waals surface area (Å²) < 4.78 is 23.3. The van der Waals surface area contributed by atoms with Gasteiger partial charge in [0.05, 0.1) is 11.4 Å². The minimum atomic E-state index is -2.99. The van der Waals surface area contributed by atoms with Crippen LogP contribution in [0.2, 0.25) is 0 Å². The van der Waals surface area contributed by atoms with E-state index in [-0.39, 0.29) is 17.2 Å². The maximum absolute atomic E-state index is 11.7. The van der Waals surface area contributed by atoms with Crippen LogP contribution in [0, 0.1) is 5.92 Å². The van der Waals surface area contributed by atoms with E-state index in [1.807, 2.05) is 13.8 Å². The van der Waals surface area contributed by atoms with E-state index in [4.69, 9.17) is 0 Å². The minimum Gasteiger partial charge on any atom is -0.392 e. The second kappa shape index (κ2) is 6.16. The van der Waals surface area contributed by atoms with Crippen LogP contribution >= 0.6 is 0 Å². The molecule has 0 aromatic carbocycles. The van der Waals surface area contributed by atoms with Crippen LogP contribution in [0.15, 0.2) is 0 Å². The number of hydrogen-bond donors (Lipinski definition) is 2. The lowest BCUT2D eigenvalue weighted by Gasteiger charge is -2.32. The van der Waals surface area contributed by atoms with Crippen molar-refractivity contribution in [1.82, 2.24) is 5.32 Å². The van der Waals surface area contributed by atoms with E-state index in [2.05, 4.69) is 5.32 Å². The van der Waals surface area contributed by atoms with Crippen molar-refractivity contribution in [3.05, 3.63) is 0 Å². The van der Waals surface area contributed by atoms with Gasteiger partial charge in [-0.3, -0.25) is 0 Å². The molecule has 0 radical (unpaired) electrons. The Morgan fingerprint density at radius 1 is 1.29 bits per heavy atom. The molecule has 17 heavy (non-hydrogen) atoms. The fourth-order valence-electron chi connectivity index (χ4n) is 2.35. The third kappa shape index (κ3) is 4.56. The van der Waals surface area contributed by atoms with Crippen LogP contribution in [-0.4, -0.2) is 43.7 Å². The van der Waals surface area contributed by atoms with Crippen molar-refractivity contribution in [2.45, 2.75) is 56.9 Å². The van der Waals surface area contributed by atoms with Gasteiger partial charge in [-0.05, 0) is 18.8 Å². The third-order valence-corrected chi connectivity index (χ3v) is 5.28. The molecule has 0 saturated heterocycles. The number of rotatable bonds is 5. The molecule has 5 heteroatoms. The van der Waals surface area contributed by atoms with Gasteiger partial charge in [-0.15, -0.1) is 0 Å². The number of nitrogens with one attached hydrogen (secondary N) is 1. The number of sulfone groups is 1. The summed E-state index contributed by atoms with van der Waals surface area (Å²) in [5.74, 6) is 0.197. The molecule has 4 nitrogen and oxygen atoms in total. The first-order valence-electron chi connectivity index (χ1n) is 6.42. The van der Waals surface area contributed by atoms with Gasteiger partial charge < -0.3 is 10.4 Å². The molecule has 3 atom stereocenters. The highest BCUT2D eigenvalue weighted by Crippen LogP contribution is 2.24. The van der Waals surface area contributed by atoms with Crippen LogP contribution in [0.3, 0.4) is 0 Å². The standard InChI is InChI=1S/C12H25NO3S/c1-9(2)11(14)8-13-10-6-4-5-7-12(10)17(3,15)16/h9-14H,4-8H2,1-3H3. The molecule has 0 aromatic heterocycles. The Hall–Kier alpha value is -0.130. The summed E-state index contributed by atoms with van der Waals surface area (Å²) in [7, 11) is -2.99. The van der Waals surface area contributed by atoms with E-state index in [0.29, 0.717) is 6.54 Å². The molecule has 0 heterocycles. The summed E-state index contributed by atoms with van der Waals surface area (Å²) >= 11 is 0. The zero-order valence-corrected chi connectivity index (χ0v) is 11.8. The molecule has 0 aromatic rings. The largest absolute Gasteiger partial charge is 0.392 e. The summed E-state index contributed by atoms with van der Waals surface area (Å²) in [6.07, 6.45) is 4.61. The monoisotopic (exact) mass is 263 g/mol. The molecule has 1 saturated carbocycles. The van der Waals surface area contributed by atoms with Crippen LogP contribution < -0.4 is 5.32 Å². The minimum absolute atomic E-state index is 0.00662. The summed E-state index contributed by atoms with van der Waals surface area (Å²) in [6.45, 7) is 4.40. The average molecular weight is 263 g/mol. The Balaban J connectivity index is 2.55. The second-order valence-corrected chi connectivity index (χ2v) is 7.74.